The van der Waals surface area contributed by atoms with Crippen LogP contribution in [0.4, 0.5) is 6.01 Å². The summed E-state index contributed by atoms with van der Waals surface area (Å²) in [4.78, 5) is 1.84. The Bertz CT molecular complexity index is 285. The van der Waals surface area contributed by atoms with Crippen molar-refractivity contribution >= 4 is 17.6 Å². The molecule has 15 heavy (non-hydrogen) atoms. The topological polar surface area (TPSA) is 62.4 Å². The number of hydrogen-bond acceptors (Lipinski definition) is 5. The predicted octanol–water partition coefficient (Wildman–Crippen LogP) is 1.58. The van der Waals surface area contributed by atoms with Crippen LogP contribution < -0.4 is 4.90 Å². The molecule has 1 aromatic heterocycles. The van der Waals surface area contributed by atoms with Crippen LogP contribution in [-0.4, -0.2) is 35.0 Å². The Hall–Kier alpha value is -0.810. The quantitative estimate of drug-likeness (QED) is 0.756. The second-order valence-corrected chi connectivity index (χ2v) is 3.90. The minimum absolute atomic E-state index is 0.0636. The number of aliphatic hydroxyl groups is 1. The van der Waals surface area contributed by atoms with Crippen molar-refractivity contribution in [3.63, 3.8) is 0 Å². The molecule has 0 aromatic carbocycles. The molecule has 5 nitrogen and oxygen atoms in total. The molecule has 0 fully saturated rings. The van der Waals surface area contributed by atoms with E-state index in [1.807, 2.05) is 11.8 Å². The molecule has 0 saturated carbocycles. The molecule has 1 atom stereocenters. The van der Waals surface area contributed by atoms with Gasteiger partial charge >= 0.3 is 6.01 Å². The van der Waals surface area contributed by atoms with Crippen molar-refractivity contribution in [1.29, 1.82) is 0 Å². The first kappa shape index (κ1) is 12.3. The van der Waals surface area contributed by atoms with Crippen molar-refractivity contribution in [2.24, 2.45) is 0 Å². The Balaban J connectivity index is 2.72. The zero-order chi connectivity index (χ0) is 11.3. The average Bonchev–Trinajstić information content (AvgIpc) is 2.66. The largest absolute Gasteiger partial charge is 0.406 e. The van der Waals surface area contributed by atoms with Gasteiger partial charge in [0.05, 0.1) is 6.61 Å². The monoisotopic (exact) mass is 233 g/mol. The number of halogens is 1. The maximum atomic E-state index is 8.88. The van der Waals surface area contributed by atoms with E-state index in [2.05, 4.69) is 10.2 Å². The fourth-order valence-electron chi connectivity index (χ4n) is 1.21. The van der Waals surface area contributed by atoms with Gasteiger partial charge in [-0.05, 0) is 13.3 Å². The van der Waals surface area contributed by atoms with Gasteiger partial charge < -0.3 is 14.4 Å². The van der Waals surface area contributed by atoms with Gasteiger partial charge in [0.15, 0.2) is 0 Å². The van der Waals surface area contributed by atoms with E-state index in [1.54, 1.807) is 6.92 Å². The number of aliphatic hydroxyl groups excluding tert-OH is 1. The SMILES string of the molecule is CCCN(CCO)c1nnc(C(C)Cl)o1. The summed E-state index contributed by atoms with van der Waals surface area (Å²) in [5.41, 5.74) is 0. The summed E-state index contributed by atoms with van der Waals surface area (Å²) in [6.45, 7) is 5.15. The molecule has 0 saturated heterocycles. The molecule has 0 aliphatic heterocycles. The molecule has 86 valence electrons. The van der Waals surface area contributed by atoms with E-state index in [0.717, 1.165) is 13.0 Å². The smallest absolute Gasteiger partial charge is 0.318 e. The van der Waals surface area contributed by atoms with E-state index >= 15 is 0 Å². The van der Waals surface area contributed by atoms with Crippen molar-refractivity contribution in [3.05, 3.63) is 5.89 Å². The number of alkyl halides is 1. The van der Waals surface area contributed by atoms with Gasteiger partial charge in [0.2, 0.25) is 5.89 Å². The van der Waals surface area contributed by atoms with Gasteiger partial charge in [0.1, 0.15) is 5.38 Å². The van der Waals surface area contributed by atoms with Gasteiger partial charge in [0.25, 0.3) is 0 Å². The molecular weight excluding hydrogens is 218 g/mol. The summed E-state index contributed by atoms with van der Waals surface area (Å²) in [5, 5.41) is 16.3. The van der Waals surface area contributed by atoms with E-state index in [-0.39, 0.29) is 12.0 Å². The van der Waals surface area contributed by atoms with E-state index in [9.17, 15) is 0 Å². The summed E-state index contributed by atoms with van der Waals surface area (Å²) in [5.74, 6) is 0.408. The van der Waals surface area contributed by atoms with Crippen molar-refractivity contribution in [2.45, 2.75) is 25.6 Å². The van der Waals surface area contributed by atoms with E-state index in [4.69, 9.17) is 21.1 Å². The lowest BCUT2D eigenvalue weighted by Gasteiger charge is -2.17. The molecule has 0 amide bonds. The van der Waals surface area contributed by atoms with Gasteiger partial charge in [-0.3, -0.25) is 0 Å². The van der Waals surface area contributed by atoms with Crippen LogP contribution in [0.15, 0.2) is 4.42 Å². The fraction of sp³-hybridized carbons (Fsp3) is 0.778. The highest BCUT2D eigenvalue weighted by molar-refractivity contribution is 6.20. The zero-order valence-corrected chi connectivity index (χ0v) is 9.74. The molecule has 0 spiro atoms. The second-order valence-electron chi connectivity index (χ2n) is 3.25. The molecule has 0 aliphatic carbocycles. The number of rotatable bonds is 6. The van der Waals surface area contributed by atoms with Crippen LogP contribution in [0.3, 0.4) is 0 Å². The Morgan fingerprint density at radius 2 is 2.20 bits per heavy atom. The maximum absolute atomic E-state index is 8.88. The standard InChI is InChI=1S/C9H16ClN3O2/c1-3-4-13(5-6-14)9-12-11-8(15-9)7(2)10/h7,14H,3-6H2,1-2H3. The molecule has 6 heteroatoms. The molecule has 1 aromatic rings. The van der Waals surface area contributed by atoms with Crippen molar-refractivity contribution in [1.82, 2.24) is 10.2 Å². The molecule has 0 aliphatic rings. The highest BCUT2D eigenvalue weighted by Gasteiger charge is 2.15. The summed E-state index contributed by atoms with van der Waals surface area (Å²) >= 11 is 5.81. The molecule has 0 radical (unpaired) electrons. The Morgan fingerprint density at radius 3 is 2.67 bits per heavy atom. The van der Waals surface area contributed by atoms with Crippen LogP contribution in [0.2, 0.25) is 0 Å². The first-order valence-electron chi connectivity index (χ1n) is 5.02. The lowest BCUT2D eigenvalue weighted by atomic mass is 10.4. The third-order valence-electron chi connectivity index (χ3n) is 1.90. The average molecular weight is 234 g/mol. The second kappa shape index (κ2) is 5.92. The zero-order valence-electron chi connectivity index (χ0n) is 8.98. The van der Waals surface area contributed by atoms with E-state index in [0.29, 0.717) is 18.5 Å². The lowest BCUT2D eigenvalue weighted by Crippen LogP contribution is -2.27. The van der Waals surface area contributed by atoms with Gasteiger partial charge in [0, 0.05) is 13.1 Å². The van der Waals surface area contributed by atoms with Crippen LogP contribution in [0.1, 0.15) is 31.5 Å². The van der Waals surface area contributed by atoms with Crippen molar-refractivity contribution in [3.8, 4) is 0 Å². The van der Waals surface area contributed by atoms with Gasteiger partial charge in [-0.2, -0.15) is 0 Å². The Kier molecular flexibility index (Phi) is 4.84. The highest BCUT2D eigenvalue weighted by atomic mass is 35.5. The molecule has 1 N–H and O–H groups in total. The highest BCUT2D eigenvalue weighted by Crippen LogP contribution is 2.21. The molecular formula is C9H16ClN3O2. The molecule has 1 unspecified atom stereocenters. The van der Waals surface area contributed by atoms with Crippen LogP contribution in [-0.2, 0) is 0 Å². The van der Waals surface area contributed by atoms with Crippen molar-refractivity contribution in [2.75, 3.05) is 24.6 Å². The Morgan fingerprint density at radius 1 is 1.47 bits per heavy atom. The third kappa shape index (κ3) is 3.35. The first-order chi connectivity index (χ1) is 7.19. The van der Waals surface area contributed by atoms with E-state index in [1.165, 1.54) is 0 Å². The van der Waals surface area contributed by atoms with Crippen LogP contribution in [0, 0.1) is 0 Å². The van der Waals surface area contributed by atoms with Gasteiger partial charge in [-0.1, -0.05) is 12.0 Å². The van der Waals surface area contributed by atoms with Crippen molar-refractivity contribution < 1.29 is 9.52 Å². The number of anilines is 1. The molecule has 1 heterocycles. The number of nitrogens with zero attached hydrogens (tertiary/aromatic N) is 3. The first-order valence-corrected chi connectivity index (χ1v) is 5.46. The maximum Gasteiger partial charge on any atom is 0.318 e. The fourth-order valence-corrected chi connectivity index (χ4v) is 1.30. The predicted molar refractivity (Wildman–Crippen MR) is 58.2 cm³/mol. The third-order valence-corrected chi connectivity index (χ3v) is 2.09. The van der Waals surface area contributed by atoms with E-state index < -0.39 is 0 Å². The van der Waals surface area contributed by atoms with Crippen LogP contribution in [0.25, 0.3) is 0 Å². The van der Waals surface area contributed by atoms with Gasteiger partial charge in [-0.15, -0.1) is 16.7 Å². The minimum Gasteiger partial charge on any atom is -0.406 e. The summed E-state index contributed by atoms with van der Waals surface area (Å²) in [6.07, 6.45) is 0.953. The number of aromatic nitrogens is 2. The number of hydrogen-bond donors (Lipinski definition) is 1. The molecule has 0 bridgehead atoms. The lowest BCUT2D eigenvalue weighted by molar-refractivity contribution is 0.298. The summed E-state index contributed by atoms with van der Waals surface area (Å²) in [6, 6.07) is 0.424. The minimum atomic E-state index is -0.288. The summed E-state index contributed by atoms with van der Waals surface area (Å²) < 4.78 is 5.37. The van der Waals surface area contributed by atoms with Crippen LogP contribution >= 0.6 is 11.6 Å². The van der Waals surface area contributed by atoms with Crippen LogP contribution in [0.5, 0.6) is 0 Å². The molecule has 1 rings (SSSR count). The summed E-state index contributed by atoms with van der Waals surface area (Å²) in [7, 11) is 0. The normalized spacial score (nSPS) is 12.8. The van der Waals surface area contributed by atoms with Gasteiger partial charge in [-0.25, -0.2) is 0 Å². The Labute approximate surface area is 94.0 Å².